The van der Waals surface area contributed by atoms with Crippen molar-refractivity contribution < 1.29 is 19.5 Å². The molecule has 0 N–H and O–H groups in total. The molecule has 0 aliphatic carbocycles. The quantitative estimate of drug-likeness (QED) is 0.229. The Bertz CT molecular complexity index is 1280. The fourth-order valence-corrected chi connectivity index (χ4v) is 3.79. The van der Waals surface area contributed by atoms with Gasteiger partial charge in [0, 0.05) is 115 Å². The third kappa shape index (κ3) is 6.40. The van der Waals surface area contributed by atoms with Crippen molar-refractivity contribution in [3.8, 4) is 44.8 Å². The van der Waals surface area contributed by atoms with E-state index in [1.54, 1.807) is 37.2 Å². The molecular formula is C30H22N6Ru. The number of pyridine rings is 6. The molecule has 0 atom stereocenters. The normalized spacial score (nSPS) is 9.95. The third-order valence-electron chi connectivity index (χ3n) is 5.43. The Kier molecular flexibility index (Phi) is 9.00. The van der Waals surface area contributed by atoms with E-state index < -0.39 is 0 Å². The molecule has 6 rings (SSSR count). The molecule has 0 unspecified atom stereocenters. The molecule has 0 radical (unpaired) electrons. The standard InChI is InChI=1S/2C15H11N3.Ru/c2*1-4-12(10-16-7-1)14-6-3-9-18-15(14)13-5-2-8-17-11-13;/h2*1-11H;. The van der Waals surface area contributed by atoms with Crippen LogP contribution >= 0.6 is 0 Å². The van der Waals surface area contributed by atoms with Crippen molar-refractivity contribution in [3.63, 3.8) is 0 Å². The van der Waals surface area contributed by atoms with Gasteiger partial charge in [-0.05, 0) is 48.5 Å². The zero-order valence-electron chi connectivity index (χ0n) is 19.7. The number of rotatable bonds is 4. The van der Waals surface area contributed by atoms with Crippen molar-refractivity contribution in [2.45, 2.75) is 0 Å². The summed E-state index contributed by atoms with van der Waals surface area (Å²) in [6.07, 6.45) is 18.0. The van der Waals surface area contributed by atoms with Gasteiger partial charge in [-0.2, -0.15) is 0 Å². The first-order chi connectivity index (χ1) is 17.9. The minimum absolute atomic E-state index is 0. The molecule has 37 heavy (non-hydrogen) atoms. The molecule has 6 aromatic rings. The summed E-state index contributed by atoms with van der Waals surface area (Å²) in [6, 6.07) is 23.7. The topological polar surface area (TPSA) is 77.3 Å². The van der Waals surface area contributed by atoms with Crippen molar-refractivity contribution in [1.29, 1.82) is 0 Å². The van der Waals surface area contributed by atoms with Crippen LogP contribution in [-0.4, -0.2) is 29.9 Å². The summed E-state index contributed by atoms with van der Waals surface area (Å²) in [5, 5.41) is 0. The molecule has 0 aromatic carbocycles. The van der Waals surface area contributed by atoms with E-state index in [-0.39, 0.29) is 19.5 Å². The Hall–Kier alpha value is -4.48. The fraction of sp³-hybridized carbons (Fsp3) is 0. The van der Waals surface area contributed by atoms with Gasteiger partial charge in [0.2, 0.25) is 0 Å². The van der Waals surface area contributed by atoms with Crippen LogP contribution in [0.5, 0.6) is 0 Å². The van der Waals surface area contributed by atoms with Crippen molar-refractivity contribution in [2.75, 3.05) is 0 Å². The maximum atomic E-state index is 4.46. The molecule has 0 saturated carbocycles. The summed E-state index contributed by atoms with van der Waals surface area (Å²) >= 11 is 0. The molecule has 6 nitrogen and oxygen atoms in total. The molecular weight excluding hydrogens is 545 g/mol. The average Bonchev–Trinajstić information content (AvgIpc) is 2.99. The predicted octanol–water partition coefficient (Wildman–Crippen LogP) is 6.41. The number of hydrogen-bond donors (Lipinski definition) is 0. The molecule has 6 aromatic heterocycles. The SMILES string of the molecule is [Ru].c1cncc(-c2cccnc2-c2cccnc2)c1.c1cncc(-c2cccnc2-c2cccnc2)c1. The van der Waals surface area contributed by atoms with E-state index >= 15 is 0 Å². The second-order valence-corrected chi connectivity index (χ2v) is 7.77. The number of hydrogen-bond acceptors (Lipinski definition) is 6. The zero-order valence-corrected chi connectivity index (χ0v) is 21.5. The van der Waals surface area contributed by atoms with Gasteiger partial charge in [-0.25, -0.2) is 0 Å². The predicted molar refractivity (Wildman–Crippen MR) is 141 cm³/mol. The smallest absolute Gasteiger partial charge is 0.0796 e. The molecule has 7 heteroatoms. The van der Waals surface area contributed by atoms with Crippen LogP contribution in [0.2, 0.25) is 0 Å². The van der Waals surface area contributed by atoms with Gasteiger partial charge < -0.3 is 0 Å². The van der Waals surface area contributed by atoms with Crippen LogP contribution in [0.1, 0.15) is 0 Å². The van der Waals surface area contributed by atoms with E-state index in [0.29, 0.717) is 0 Å². The Morgan fingerprint density at radius 3 is 1.00 bits per heavy atom. The Morgan fingerprint density at radius 2 is 0.676 bits per heavy atom. The van der Waals surface area contributed by atoms with Crippen LogP contribution in [0.15, 0.2) is 135 Å². The molecule has 0 aliphatic rings. The van der Waals surface area contributed by atoms with E-state index in [1.165, 1.54) is 0 Å². The van der Waals surface area contributed by atoms with Gasteiger partial charge in [-0.3, -0.25) is 29.9 Å². The van der Waals surface area contributed by atoms with E-state index in [2.05, 4.69) is 29.9 Å². The average molecular weight is 568 g/mol. The van der Waals surface area contributed by atoms with Crippen LogP contribution in [0, 0.1) is 0 Å². The fourth-order valence-electron chi connectivity index (χ4n) is 3.79. The largest absolute Gasteiger partial charge is 0.264 e. The molecule has 180 valence electrons. The van der Waals surface area contributed by atoms with Crippen LogP contribution in [0.3, 0.4) is 0 Å². The third-order valence-corrected chi connectivity index (χ3v) is 5.43. The van der Waals surface area contributed by atoms with Gasteiger partial charge in [-0.1, -0.05) is 24.3 Å². The number of aromatic nitrogens is 6. The Morgan fingerprint density at radius 1 is 0.351 bits per heavy atom. The first-order valence-electron chi connectivity index (χ1n) is 11.4. The van der Waals surface area contributed by atoms with E-state index in [4.69, 9.17) is 0 Å². The minimum atomic E-state index is 0. The summed E-state index contributed by atoms with van der Waals surface area (Å²) in [5.41, 5.74) is 8.14. The Labute approximate surface area is 228 Å². The molecule has 0 aliphatic heterocycles. The number of nitrogens with zero attached hydrogens (tertiary/aromatic N) is 6. The van der Waals surface area contributed by atoms with Gasteiger partial charge in [0.25, 0.3) is 0 Å². The second kappa shape index (κ2) is 13.0. The van der Waals surface area contributed by atoms with Crippen LogP contribution in [0.25, 0.3) is 44.8 Å². The molecule has 0 fully saturated rings. The molecule has 0 amide bonds. The summed E-state index contributed by atoms with van der Waals surface area (Å²) in [5.74, 6) is 0. The zero-order chi connectivity index (χ0) is 24.4. The molecule has 6 heterocycles. The van der Waals surface area contributed by atoms with Crippen LogP contribution in [0.4, 0.5) is 0 Å². The van der Waals surface area contributed by atoms with Gasteiger partial charge in [0.15, 0.2) is 0 Å². The Balaban J connectivity index is 0.000000168. The summed E-state index contributed by atoms with van der Waals surface area (Å²) in [7, 11) is 0. The van der Waals surface area contributed by atoms with Crippen molar-refractivity contribution in [1.82, 2.24) is 29.9 Å². The van der Waals surface area contributed by atoms with E-state index in [0.717, 1.165) is 44.8 Å². The monoisotopic (exact) mass is 568 g/mol. The van der Waals surface area contributed by atoms with Crippen molar-refractivity contribution in [3.05, 3.63) is 135 Å². The van der Waals surface area contributed by atoms with Crippen molar-refractivity contribution in [2.24, 2.45) is 0 Å². The van der Waals surface area contributed by atoms with Crippen LogP contribution < -0.4 is 0 Å². The minimum Gasteiger partial charge on any atom is -0.264 e. The molecule has 0 saturated heterocycles. The first kappa shape index (κ1) is 25.6. The van der Waals surface area contributed by atoms with E-state index in [9.17, 15) is 0 Å². The van der Waals surface area contributed by atoms with Crippen LogP contribution in [-0.2, 0) is 19.5 Å². The maximum Gasteiger partial charge on any atom is 0.0796 e. The van der Waals surface area contributed by atoms with E-state index in [1.807, 2.05) is 97.6 Å². The summed E-state index contributed by atoms with van der Waals surface area (Å²) in [4.78, 5) is 25.5. The van der Waals surface area contributed by atoms with Gasteiger partial charge in [0.1, 0.15) is 0 Å². The second-order valence-electron chi connectivity index (χ2n) is 7.77. The maximum absolute atomic E-state index is 4.46. The summed E-state index contributed by atoms with van der Waals surface area (Å²) in [6.45, 7) is 0. The summed E-state index contributed by atoms with van der Waals surface area (Å²) < 4.78 is 0. The molecule has 0 bridgehead atoms. The van der Waals surface area contributed by atoms with Gasteiger partial charge >= 0.3 is 0 Å². The van der Waals surface area contributed by atoms with Gasteiger partial charge in [0.05, 0.1) is 11.4 Å². The van der Waals surface area contributed by atoms with Crippen molar-refractivity contribution >= 4 is 0 Å². The first-order valence-corrected chi connectivity index (χ1v) is 11.4. The van der Waals surface area contributed by atoms with Gasteiger partial charge in [-0.15, -0.1) is 0 Å². The molecule has 0 spiro atoms.